The van der Waals surface area contributed by atoms with E-state index in [4.69, 9.17) is 0 Å². The number of hydrogen-bond acceptors (Lipinski definition) is 3. The molecule has 90 valence electrons. The van der Waals surface area contributed by atoms with Crippen LogP contribution in [0.15, 0.2) is 18.5 Å². The normalized spacial score (nSPS) is 14.8. The number of rotatable bonds is 6. The summed E-state index contributed by atoms with van der Waals surface area (Å²) in [5.41, 5.74) is 2.52. The minimum Gasteiger partial charge on any atom is -0.312 e. The van der Waals surface area contributed by atoms with Crippen molar-refractivity contribution in [1.82, 2.24) is 10.3 Å². The molecule has 2 nitrogen and oxygen atoms in total. The van der Waals surface area contributed by atoms with Crippen molar-refractivity contribution in [2.45, 2.75) is 38.5 Å². The van der Waals surface area contributed by atoms with Gasteiger partial charge in [0.25, 0.3) is 0 Å². The fraction of sp³-hybridized carbons (Fsp3) is 0.615. The highest BCUT2D eigenvalue weighted by atomic mass is 32.2. The average Bonchev–Trinajstić information content (AvgIpc) is 2.29. The molecule has 2 unspecified atom stereocenters. The molecular weight excluding hydrogens is 216 g/mol. The van der Waals surface area contributed by atoms with Gasteiger partial charge in [0, 0.05) is 29.4 Å². The van der Waals surface area contributed by atoms with Crippen molar-refractivity contribution in [2.75, 3.05) is 12.8 Å². The fourth-order valence-electron chi connectivity index (χ4n) is 1.49. The fourth-order valence-corrected chi connectivity index (χ4v) is 2.61. The van der Waals surface area contributed by atoms with Gasteiger partial charge < -0.3 is 5.32 Å². The summed E-state index contributed by atoms with van der Waals surface area (Å²) in [6.07, 6.45) is 5.09. The van der Waals surface area contributed by atoms with Crippen LogP contribution in [-0.4, -0.2) is 23.0 Å². The molecule has 0 fully saturated rings. The minimum atomic E-state index is 0.409. The number of hydrogen-bond donors (Lipinski definition) is 1. The lowest BCUT2D eigenvalue weighted by atomic mass is 10.1. The van der Waals surface area contributed by atoms with Crippen LogP contribution in [0.5, 0.6) is 0 Å². The highest BCUT2D eigenvalue weighted by Crippen LogP contribution is 2.22. The van der Waals surface area contributed by atoms with Gasteiger partial charge in [0.1, 0.15) is 0 Å². The van der Waals surface area contributed by atoms with E-state index in [1.807, 2.05) is 31.2 Å². The minimum absolute atomic E-state index is 0.409. The molecule has 1 aromatic heterocycles. The third kappa shape index (κ3) is 4.14. The Hall–Kier alpha value is -0.540. The van der Waals surface area contributed by atoms with Crippen LogP contribution in [0.3, 0.4) is 0 Å². The summed E-state index contributed by atoms with van der Waals surface area (Å²) in [4.78, 5) is 4.25. The Kier molecular flexibility index (Phi) is 5.85. The molecule has 3 heteroatoms. The van der Waals surface area contributed by atoms with E-state index >= 15 is 0 Å². The molecule has 1 rings (SSSR count). The molecule has 1 N–H and O–H groups in total. The number of aromatic nitrogens is 1. The van der Waals surface area contributed by atoms with Gasteiger partial charge in [0.05, 0.1) is 0 Å². The van der Waals surface area contributed by atoms with Crippen LogP contribution < -0.4 is 5.32 Å². The zero-order valence-corrected chi connectivity index (χ0v) is 11.5. The molecule has 1 aromatic rings. The van der Waals surface area contributed by atoms with Gasteiger partial charge in [0.2, 0.25) is 0 Å². The van der Waals surface area contributed by atoms with Crippen molar-refractivity contribution >= 4 is 11.8 Å². The molecule has 0 aromatic carbocycles. The van der Waals surface area contributed by atoms with E-state index in [0.29, 0.717) is 6.04 Å². The van der Waals surface area contributed by atoms with Crippen molar-refractivity contribution in [2.24, 2.45) is 0 Å². The van der Waals surface area contributed by atoms with Gasteiger partial charge in [-0.3, -0.25) is 4.98 Å². The monoisotopic (exact) mass is 238 g/mol. The molecule has 0 aliphatic rings. The van der Waals surface area contributed by atoms with Gasteiger partial charge in [0.15, 0.2) is 0 Å². The zero-order chi connectivity index (χ0) is 12.0. The predicted molar refractivity (Wildman–Crippen MR) is 73.0 cm³/mol. The molecule has 16 heavy (non-hydrogen) atoms. The summed E-state index contributed by atoms with van der Waals surface area (Å²) >= 11 is 2.02. The van der Waals surface area contributed by atoms with E-state index < -0.39 is 0 Å². The van der Waals surface area contributed by atoms with Gasteiger partial charge in [-0.25, -0.2) is 0 Å². The van der Waals surface area contributed by atoms with Crippen LogP contribution in [0.4, 0.5) is 0 Å². The number of nitrogens with one attached hydrogen (secondary N) is 1. The highest BCUT2D eigenvalue weighted by molar-refractivity contribution is 7.99. The average molecular weight is 238 g/mol. The molecule has 0 radical (unpaired) electrons. The van der Waals surface area contributed by atoms with Gasteiger partial charge in [-0.2, -0.15) is 11.8 Å². The topological polar surface area (TPSA) is 24.9 Å². The van der Waals surface area contributed by atoms with Crippen molar-refractivity contribution < 1.29 is 0 Å². The predicted octanol–water partition coefficient (Wildman–Crippen LogP) is 3.18. The van der Waals surface area contributed by atoms with Crippen molar-refractivity contribution in [3.05, 3.63) is 29.6 Å². The smallest absolute Gasteiger partial charge is 0.0424 e. The highest BCUT2D eigenvalue weighted by Gasteiger charge is 2.11. The Morgan fingerprint density at radius 1 is 1.44 bits per heavy atom. The third-order valence-electron chi connectivity index (χ3n) is 2.77. The van der Waals surface area contributed by atoms with Gasteiger partial charge >= 0.3 is 0 Å². The molecule has 0 saturated heterocycles. The summed E-state index contributed by atoms with van der Waals surface area (Å²) in [7, 11) is 2.02. The second-order valence-corrected chi connectivity index (χ2v) is 5.66. The first-order valence-electron chi connectivity index (χ1n) is 5.87. The van der Waals surface area contributed by atoms with Crippen molar-refractivity contribution in [1.29, 1.82) is 0 Å². The molecule has 2 atom stereocenters. The maximum atomic E-state index is 4.25. The van der Waals surface area contributed by atoms with Crippen LogP contribution in [0.2, 0.25) is 0 Å². The van der Waals surface area contributed by atoms with Gasteiger partial charge in [-0.05, 0) is 31.5 Å². The summed E-state index contributed by atoms with van der Waals surface area (Å²) in [6.45, 7) is 6.61. The number of pyridine rings is 1. The number of nitrogens with zero attached hydrogens (tertiary/aromatic N) is 1. The standard InChI is InChI=1S/C13H22N2S/c1-5-11(3)16-9-13(14-4)12-6-10(2)7-15-8-12/h6-8,11,13-14H,5,9H2,1-4H3. The second-order valence-electron chi connectivity index (χ2n) is 4.19. The Balaban J connectivity index is 2.60. The SMILES string of the molecule is CCC(C)SCC(NC)c1cncc(C)c1. The van der Waals surface area contributed by atoms with Gasteiger partial charge in [-0.1, -0.05) is 19.9 Å². The van der Waals surface area contributed by atoms with E-state index in [1.165, 1.54) is 17.5 Å². The summed E-state index contributed by atoms with van der Waals surface area (Å²) in [5.74, 6) is 1.11. The third-order valence-corrected chi connectivity index (χ3v) is 4.20. The maximum Gasteiger partial charge on any atom is 0.0424 e. The van der Waals surface area contributed by atoms with Crippen molar-refractivity contribution in [3.63, 3.8) is 0 Å². The quantitative estimate of drug-likeness (QED) is 0.824. The van der Waals surface area contributed by atoms with Crippen LogP contribution in [0.25, 0.3) is 0 Å². The van der Waals surface area contributed by atoms with Crippen LogP contribution >= 0.6 is 11.8 Å². The lowest BCUT2D eigenvalue weighted by Crippen LogP contribution is -2.20. The lowest BCUT2D eigenvalue weighted by molar-refractivity contribution is 0.656. The van der Waals surface area contributed by atoms with E-state index in [2.05, 4.69) is 37.1 Å². The molecule has 0 saturated carbocycles. The first-order chi connectivity index (χ1) is 7.67. The number of aryl methyl sites for hydroxylation is 1. The zero-order valence-electron chi connectivity index (χ0n) is 10.7. The first-order valence-corrected chi connectivity index (χ1v) is 6.92. The van der Waals surface area contributed by atoms with E-state index in [0.717, 1.165) is 11.0 Å². The number of thioether (sulfide) groups is 1. The first kappa shape index (κ1) is 13.5. The maximum absolute atomic E-state index is 4.25. The molecule has 0 amide bonds. The van der Waals surface area contributed by atoms with E-state index in [1.54, 1.807) is 0 Å². The van der Waals surface area contributed by atoms with Crippen LogP contribution in [0.1, 0.15) is 37.4 Å². The lowest BCUT2D eigenvalue weighted by Gasteiger charge is -2.18. The molecule has 0 bridgehead atoms. The second kappa shape index (κ2) is 6.92. The molecule has 0 spiro atoms. The summed E-state index contributed by atoms with van der Waals surface area (Å²) < 4.78 is 0. The summed E-state index contributed by atoms with van der Waals surface area (Å²) in [5, 5.41) is 4.09. The van der Waals surface area contributed by atoms with Crippen LogP contribution in [-0.2, 0) is 0 Å². The Bertz CT molecular complexity index is 315. The Morgan fingerprint density at radius 3 is 2.75 bits per heavy atom. The molecular formula is C13H22N2S. The van der Waals surface area contributed by atoms with E-state index in [9.17, 15) is 0 Å². The Labute approximate surface area is 103 Å². The van der Waals surface area contributed by atoms with E-state index in [-0.39, 0.29) is 0 Å². The van der Waals surface area contributed by atoms with Crippen LogP contribution in [0, 0.1) is 6.92 Å². The van der Waals surface area contributed by atoms with Gasteiger partial charge in [-0.15, -0.1) is 0 Å². The molecule has 0 aliphatic heterocycles. The summed E-state index contributed by atoms with van der Waals surface area (Å²) in [6, 6.07) is 2.62. The molecule has 1 heterocycles. The van der Waals surface area contributed by atoms with Crippen molar-refractivity contribution in [3.8, 4) is 0 Å². The Morgan fingerprint density at radius 2 is 2.19 bits per heavy atom. The largest absolute Gasteiger partial charge is 0.312 e. The molecule has 0 aliphatic carbocycles.